The summed E-state index contributed by atoms with van der Waals surface area (Å²) in [6, 6.07) is 0. The Kier molecular flexibility index (Phi) is 1.67. The lowest BCUT2D eigenvalue weighted by atomic mass is 9.85. The van der Waals surface area contributed by atoms with E-state index in [1.54, 1.807) is 0 Å². The zero-order chi connectivity index (χ0) is 7.90. The molecule has 3 nitrogen and oxygen atoms in total. The number of fused-ring (bicyclic) bond motifs is 1. The highest BCUT2D eigenvalue weighted by Gasteiger charge is 2.44. The van der Waals surface area contributed by atoms with Crippen molar-refractivity contribution in [3.05, 3.63) is 0 Å². The van der Waals surface area contributed by atoms with Crippen molar-refractivity contribution in [1.29, 1.82) is 0 Å². The molecule has 2 N–H and O–H groups in total. The summed E-state index contributed by atoms with van der Waals surface area (Å²) in [5.74, 6) is 0.668. The van der Waals surface area contributed by atoms with Gasteiger partial charge in [-0.05, 0) is 19.4 Å². The molecule has 0 aromatic carbocycles. The van der Waals surface area contributed by atoms with Crippen LogP contribution in [-0.4, -0.2) is 43.8 Å². The van der Waals surface area contributed by atoms with E-state index < -0.39 is 0 Å². The molecule has 64 valence electrons. The molecule has 2 heterocycles. The minimum atomic E-state index is -0.0347. The van der Waals surface area contributed by atoms with Crippen LogP contribution in [0.5, 0.6) is 0 Å². The third-order valence-corrected chi connectivity index (χ3v) is 2.89. The maximum atomic E-state index is 6.19. The van der Waals surface area contributed by atoms with Crippen LogP contribution >= 0.6 is 0 Å². The van der Waals surface area contributed by atoms with Gasteiger partial charge in [0.15, 0.2) is 0 Å². The van der Waals surface area contributed by atoms with Gasteiger partial charge in [0, 0.05) is 19.7 Å². The highest BCUT2D eigenvalue weighted by molar-refractivity contribution is 5.01. The number of hydrogen-bond acceptors (Lipinski definition) is 3. The van der Waals surface area contributed by atoms with Crippen LogP contribution in [0.25, 0.3) is 0 Å². The van der Waals surface area contributed by atoms with Gasteiger partial charge in [0.1, 0.15) is 0 Å². The van der Waals surface area contributed by atoms with Gasteiger partial charge in [-0.25, -0.2) is 0 Å². The Morgan fingerprint density at radius 3 is 3.18 bits per heavy atom. The minimum absolute atomic E-state index is 0.0347. The van der Waals surface area contributed by atoms with Crippen LogP contribution in [0.4, 0.5) is 0 Å². The highest BCUT2D eigenvalue weighted by atomic mass is 16.5. The first-order valence-corrected chi connectivity index (χ1v) is 4.26. The summed E-state index contributed by atoms with van der Waals surface area (Å²) in [5.41, 5.74) is 6.15. The van der Waals surface area contributed by atoms with E-state index in [1.807, 2.05) is 0 Å². The normalized spacial score (nSPS) is 45.8. The lowest BCUT2D eigenvalue weighted by molar-refractivity contribution is 0.0199. The van der Waals surface area contributed by atoms with Gasteiger partial charge >= 0.3 is 0 Å². The summed E-state index contributed by atoms with van der Waals surface area (Å²) in [7, 11) is 2.13. The van der Waals surface area contributed by atoms with Crippen LogP contribution in [0.2, 0.25) is 0 Å². The fourth-order valence-corrected chi connectivity index (χ4v) is 2.28. The first kappa shape index (κ1) is 7.53. The van der Waals surface area contributed by atoms with E-state index in [2.05, 4.69) is 11.9 Å². The van der Waals surface area contributed by atoms with E-state index in [9.17, 15) is 0 Å². The van der Waals surface area contributed by atoms with Gasteiger partial charge in [0.05, 0.1) is 12.1 Å². The van der Waals surface area contributed by atoms with Crippen molar-refractivity contribution in [1.82, 2.24) is 4.90 Å². The zero-order valence-corrected chi connectivity index (χ0v) is 7.05. The van der Waals surface area contributed by atoms with Crippen LogP contribution < -0.4 is 5.73 Å². The van der Waals surface area contributed by atoms with Crippen LogP contribution in [-0.2, 0) is 4.74 Å². The fraction of sp³-hybridized carbons (Fsp3) is 1.00. The molecule has 0 radical (unpaired) electrons. The Morgan fingerprint density at radius 2 is 2.45 bits per heavy atom. The molecule has 2 fully saturated rings. The number of nitrogens with zero attached hydrogens (tertiary/aromatic N) is 1. The quantitative estimate of drug-likeness (QED) is 0.522. The van der Waals surface area contributed by atoms with E-state index in [1.165, 1.54) is 0 Å². The van der Waals surface area contributed by atoms with Crippen molar-refractivity contribution >= 4 is 0 Å². The summed E-state index contributed by atoms with van der Waals surface area (Å²) in [5, 5.41) is 0. The van der Waals surface area contributed by atoms with Gasteiger partial charge in [-0.1, -0.05) is 0 Å². The van der Waals surface area contributed by atoms with Gasteiger partial charge in [0.2, 0.25) is 0 Å². The highest BCUT2D eigenvalue weighted by Crippen LogP contribution is 2.30. The summed E-state index contributed by atoms with van der Waals surface area (Å²) in [6.45, 7) is 3.80. The molecule has 0 saturated carbocycles. The van der Waals surface area contributed by atoms with Crippen molar-refractivity contribution in [3.63, 3.8) is 0 Å². The first-order valence-electron chi connectivity index (χ1n) is 4.26. The molecule has 0 amide bonds. The van der Waals surface area contributed by atoms with Crippen LogP contribution in [0, 0.1) is 5.92 Å². The van der Waals surface area contributed by atoms with E-state index in [0.717, 1.165) is 32.7 Å². The molecule has 11 heavy (non-hydrogen) atoms. The minimum Gasteiger partial charge on any atom is -0.379 e. The predicted octanol–water partition coefficient (Wildman–Crippen LogP) is -0.334. The molecule has 0 unspecified atom stereocenters. The number of rotatable bonds is 0. The van der Waals surface area contributed by atoms with Crippen LogP contribution in [0.15, 0.2) is 0 Å². The summed E-state index contributed by atoms with van der Waals surface area (Å²) < 4.78 is 5.38. The van der Waals surface area contributed by atoms with Gasteiger partial charge in [-0.3, -0.25) is 0 Å². The van der Waals surface area contributed by atoms with Crippen molar-refractivity contribution in [2.75, 3.05) is 33.4 Å². The van der Waals surface area contributed by atoms with E-state index in [0.29, 0.717) is 5.92 Å². The Balaban J connectivity index is 2.11. The topological polar surface area (TPSA) is 38.5 Å². The lowest BCUT2D eigenvalue weighted by Crippen LogP contribution is -2.54. The van der Waals surface area contributed by atoms with Crippen molar-refractivity contribution in [3.8, 4) is 0 Å². The molecule has 0 bridgehead atoms. The molecule has 0 aliphatic carbocycles. The van der Waals surface area contributed by atoms with Gasteiger partial charge < -0.3 is 15.4 Å². The summed E-state index contributed by atoms with van der Waals surface area (Å²) in [4.78, 5) is 2.30. The second-order valence-corrected chi connectivity index (χ2v) is 3.97. The largest absolute Gasteiger partial charge is 0.379 e. The fourth-order valence-electron chi connectivity index (χ4n) is 2.28. The molecule has 2 atom stereocenters. The Labute approximate surface area is 67.5 Å². The summed E-state index contributed by atoms with van der Waals surface area (Å²) >= 11 is 0. The third-order valence-electron chi connectivity index (χ3n) is 2.89. The predicted molar refractivity (Wildman–Crippen MR) is 43.3 cm³/mol. The molecule has 2 aliphatic heterocycles. The standard InChI is InChI=1S/C8H16N2O/c1-10-4-7-2-3-11-6-8(7,9)5-10/h7H,2-6,9H2,1H3/t7-,8-/m0/s1. The smallest absolute Gasteiger partial charge is 0.0661 e. The average molecular weight is 156 g/mol. The number of likely N-dealkylation sites (tertiary alicyclic amines) is 1. The second kappa shape index (κ2) is 2.44. The maximum absolute atomic E-state index is 6.19. The van der Waals surface area contributed by atoms with E-state index in [4.69, 9.17) is 10.5 Å². The van der Waals surface area contributed by atoms with Crippen molar-refractivity contribution in [2.24, 2.45) is 11.7 Å². The number of hydrogen-bond donors (Lipinski definition) is 1. The molecule has 2 rings (SSSR count). The Morgan fingerprint density at radius 1 is 1.64 bits per heavy atom. The van der Waals surface area contributed by atoms with Gasteiger partial charge in [-0.15, -0.1) is 0 Å². The molecule has 0 spiro atoms. The van der Waals surface area contributed by atoms with Gasteiger partial charge in [0.25, 0.3) is 0 Å². The van der Waals surface area contributed by atoms with Gasteiger partial charge in [-0.2, -0.15) is 0 Å². The molecule has 2 aliphatic rings. The Hall–Kier alpha value is -0.120. The molecular weight excluding hydrogens is 140 g/mol. The molecule has 2 saturated heterocycles. The lowest BCUT2D eigenvalue weighted by Gasteiger charge is -2.34. The first-order chi connectivity index (χ1) is 5.21. The molecule has 0 aromatic rings. The average Bonchev–Trinajstić information content (AvgIpc) is 2.22. The number of nitrogens with two attached hydrogens (primary N) is 1. The SMILES string of the molecule is CN1C[C@@H]2CCOC[C@@]2(N)C1. The van der Waals surface area contributed by atoms with Crippen LogP contribution in [0.1, 0.15) is 6.42 Å². The number of likely N-dealkylation sites (N-methyl/N-ethyl adjacent to an activating group) is 1. The number of ether oxygens (including phenoxy) is 1. The molecule has 3 heteroatoms. The second-order valence-electron chi connectivity index (χ2n) is 3.97. The summed E-state index contributed by atoms with van der Waals surface area (Å²) in [6.07, 6.45) is 1.14. The van der Waals surface area contributed by atoms with Crippen LogP contribution in [0.3, 0.4) is 0 Å². The van der Waals surface area contributed by atoms with E-state index in [-0.39, 0.29) is 5.54 Å². The van der Waals surface area contributed by atoms with E-state index >= 15 is 0 Å². The molecule has 0 aromatic heterocycles. The van der Waals surface area contributed by atoms with Crippen molar-refractivity contribution in [2.45, 2.75) is 12.0 Å². The monoisotopic (exact) mass is 156 g/mol. The van der Waals surface area contributed by atoms with Crippen molar-refractivity contribution < 1.29 is 4.74 Å². The Bertz CT molecular complexity index is 162. The third kappa shape index (κ3) is 1.17. The molecular formula is C8H16N2O. The zero-order valence-electron chi connectivity index (χ0n) is 7.05. The maximum Gasteiger partial charge on any atom is 0.0661 e.